The minimum atomic E-state index is -0.935. The Morgan fingerprint density at radius 1 is 1.05 bits per heavy atom. The molecule has 0 spiro atoms. The van der Waals surface area contributed by atoms with Gasteiger partial charge in [-0.15, -0.1) is 11.3 Å². The molecule has 2 atom stereocenters. The summed E-state index contributed by atoms with van der Waals surface area (Å²) < 4.78 is 11.2. The Morgan fingerprint density at radius 2 is 1.86 bits per heavy atom. The van der Waals surface area contributed by atoms with E-state index < -0.39 is 11.9 Å². The summed E-state index contributed by atoms with van der Waals surface area (Å²) in [6.45, 7) is 0.475. The third-order valence-electron chi connectivity index (χ3n) is 7.44. The van der Waals surface area contributed by atoms with Crippen molar-refractivity contribution in [3.63, 3.8) is 0 Å². The van der Waals surface area contributed by atoms with E-state index >= 15 is 0 Å². The number of fused-ring (bicyclic) bond motifs is 1. The number of carboxylic acids is 1. The number of likely N-dealkylation sites (tertiary alicyclic amines) is 1. The third-order valence-corrected chi connectivity index (χ3v) is 8.30. The first-order chi connectivity index (χ1) is 20.9. The summed E-state index contributed by atoms with van der Waals surface area (Å²) in [5.41, 5.74) is 4.07. The minimum absolute atomic E-state index is 0.122. The summed E-state index contributed by atoms with van der Waals surface area (Å²) in [4.78, 5) is 44.3. The number of amides is 2. The molecule has 1 fully saturated rings. The van der Waals surface area contributed by atoms with Crippen molar-refractivity contribution in [2.45, 2.75) is 12.3 Å². The summed E-state index contributed by atoms with van der Waals surface area (Å²) >= 11 is 1.34. The number of carbonyl (C=O) groups is 3. The Labute approximate surface area is 250 Å². The van der Waals surface area contributed by atoms with Gasteiger partial charge >= 0.3 is 5.97 Å². The molecule has 0 saturated carbocycles. The molecule has 3 N–H and O–H groups in total. The van der Waals surface area contributed by atoms with E-state index in [-0.39, 0.29) is 30.7 Å². The number of para-hydroxylation sites is 2. The molecular weight excluding hydrogens is 568 g/mol. The largest absolute Gasteiger partial charge is 0.495 e. The highest BCUT2D eigenvalue weighted by molar-refractivity contribution is 7.12. The summed E-state index contributed by atoms with van der Waals surface area (Å²) in [7, 11) is 1.59. The van der Waals surface area contributed by atoms with Crippen LogP contribution in [0.5, 0.6) is 5.75 Å². The summed E-state index contributed by atoms with van der Waals surface area (Å²) in [6.07, 6.45) is 0.122. The molecule has 5 aromatic rings. The van der Waals surface area contributed by atoms with Crippen LogP contribution >= 0.6 is 11.3 Å². The second-order valence-electron chi connectivity index (χ2n) is 10.2. The Bertz CT molecular complexity index is 1780. The normalized spacial score (nSPS) is 16.3. The molecule has 1 aliphatic heterocycles. The monoisotopic (exact) mass is 596 g/mol. The molecule has 2 unspecified atom stereocenters. The number of rotatable bonds is 9. The molecule has 0 bridgehead atoms. The topological polar surface area (TPSA) is 134 Å². The summed E-state index contributed by atoms with van der Waals surface area (Å²) in [5.74, 6) is -1.69. The van der Waals surface area contributed by atoms with Crippen molar-refractivity contribution >= 4 is 57.6 Å². The molecule has 2 aromatic heterocycles. The van der Waals surface area contributed by atoms with Crippen molar-refractivity contribution in [3.8, 4) is 5.75 Å². The maximum Gasteiger partial charge on any atom is 0.308 e. The first kappa shape index (κ1) is 28.0. The number of hydrogen-bond donors (Lipinski definition) is 3. The number of nitrogens with one attached hydrogen (secondary N) is 2. The second kappa shape index (κ2) is 12.0. The van der Waals surface area contributed by atoms with Gasteiger partial charge in [-0.3, -0.25) is 14.4 Å². The predicted molar refractivity (Wildman–Crippen MR) is 163 cm³/mol. The zero-order valence-electron chi connectivity index (χ0n) is 23.2. The number of aromatic nitrogens is 1. The highest BCUT2D eigenvalue weighted by Crippen LogP contribution is 2.35. The molecule has 2 amide bonds. The van der Waals surface area contributed by atoms with Gasteiger partial charge in [0.25, 0.3) is 11.9 Å². The predicted octanol–water partition coefficient (Wildman–Crippen LogP) is 5.76. The maximum atomic E-state index is 12.8. The molecule has 0 aliphatic carbocycles. The summed E-state index contributed by atoms with van der Waals surface area (Å²) in [6, 6.07) is 23.9. The van der Waals surface area contributed by atoms with Crippen molar-refractivity contribution in [3.05, 3.63) is 100 Å². The molecule has 10 nitrogen and oxygen atoms in total. The van der Waals surface area contributed by atoms with Gasteiger partial charge < -0.3 is 29.8 Å². The number of aliphatic carboxylic acids is 1. The van der Waals surface area contributed by atoms with Crippen LogP contribution in [0.3, 0.4) is 0 Å². The molecule has 1 saturated heterocycles. The smallest absolute Gasteiger partial charge is 0.308 e. The molecule has 0 radical (unpaired) electrons. The number of hydrogen-bond acceptors (Lipinski definition) is 8. The quantitative estimate of drug-likeness (QED) is 0.196. The van der Waals surface area contributed by atoms with Gasteiger partial charge in [-0.2, -0.15) is 4.98 Å². The number of benzene rings is 3. The highest BCUT2D eigenvalue weighted by Gasteiger charge is 2.40. The molecule has 1 aliphatic rings. The Balaban J connectivity index is 1.09. The molecule has 6 rings (SSSR count). The van der Waals surface area contributed by atoms with Crippen LogP contribution in [-0.2, 0) is 16.0 Å². The van der Waals surface area contributed by atoms with Crippen molar-refractivity contribution in [1.29, 1.82) is 0 Å². The minimum Gasteiger partial charge on any atom is -0.495 e. The number of thiophene rings is 1. The van der Waals surface area contributed by atoms with E-state index in [4.69, 9.17) is 9.15 Å². The summed E-state index contributed by atoms with van der Waals surface area (Å²) in [5, 5.41) is 17.7. The van der Waals surface area contributed by atoms with Crippen LogP contribution in [0.4, 0.5) is 17.4 Å². The standard InChI is InChI=1S/C32H28N4O6S/c1-41-26-6-3-2-5-24(26)34-32-35-25-13-8-19(15-27(25)42-32)16-29(37)33-21-11-9-20(10-12-21)22-17-36(18-23(22)31(39)40)30(38)28-7-4-14-43-28/h2-15,22-23H,16-18H2,1H3,(H,33,37)(H,34,35)(H,39,40). The fourth-order valence-electron chi connectivity index (χ4n) is 5.31. The number of anilines is 3. The lowest BCUT2D eigenvalue weighted by atomic mass is 9.89. The van der Waals surface area contributed by atoms with Gasteiger partial charge in [0.15, 0.2) is 5.58 Å². The molecular formula is C32H28N4O6S. The Kier molecular flexibility index (Phi) is 7.80. The number of carboxylic acid groups (broad SMARTS) is 1. The van der Waals surface area contributed by atoms with Crippen molar-refractivity contribution in [1.82, 2.24) is 9.88 Å². The third kappa shape index (κ3) is 6.07. The number of methoxy groups -OCH3 is 1. The fourth-order valence-corrected chi connectivity index (χ4v) is 6.00. The van der Waals surface area contributed by atoms with Gasteiger partial charge in [0.05, 0.1) is 30.0 Å². The van der Waals surface area contributed by atoms with Gasteiger partial charge in [0.1, 0.15) is 11.3 Å². The molecule has 3 aromatic carbocycles. The molecule has 218 valence electrons. The first-order valence-electron chi connectivity index (χ1n) is 13.6. The lowest BCUT2D eigenvalue weighted by Gasteiger charge is -2.16. The maximum absolute atomic E-state index is 12.8. The van der Waals surface area contributed by atoms with E-state index in [0.29, 0.717) is 40.0 Å². The zero-order chi connectivity index (χ0) is 29.9. The van der Waals surface area contributed by atoms with E-state index in [1.54, 1.807) is 48.4 Å². The number of carbonyl (C=O) groups excluding carboxylic acids is 2. The van der Waals surface area contributed by atoms with Crippen LogP contribution < -0.4 is 15.4 Å². The van der Waals surface area contributed by atoms with Crippen molar-refractivity contribution in [2.75, 3.05) is 30.8 Å². The Morgan fingerprint density at radius 3 is 2.60 bits per heavy atom. The van der Waals surface area contributed by atoms with E-state index in [1.807, 2.05) is 47.8 Å². The van der Waals surface area contributed by atoms with Gasteiger partial charge in [0, 0.05) is 24.7 Å². The SMILES string of the molecule is COc1ccccc1Nc1nc2ccc(CC(=O)Nc3ccc(C4CN(C(=O)c5cccs5)CC4C(=O)O)cc3)cc2o1. The first-order valence-corrected chi connectivity index (χ1v) is 14.5. The van der Waals surface area contributed by atoms with Gasteiger partial charge in [-0.25, -0.2) is 0 Å². The number of oxazole rings is 1. The van der Waals surface area contributed by atoms with Crippen LogP contribution in [0.1, 0.15) is 26.7 Å². The van der Waals surface area contributed by atoms with Crippen LogP contribution in [0.25, 0.3) is 11.1 Å². The lowest BCUT2D eigenvalue weighted by Crippen LogP contribution is -2.29. The average Bonchev–Trinajstić information content (AvgIpc) is 3.77. The molecule has 43 heavy (non-hydrogen) atoms. The number of ether oxygens (including phenoxy) is 1. The van der Waals surface area contributed by atoms with Crippen molar-refractivity contribution in [2.24, 2.45) is 5.92 Å². The van der Waals surface area contributed by atoms with Gasteiger partial charge in [0.2, 0.25) is 5.91 Å². The van der Waals surface area contributed by atoms with Crippen molar-refractivity contribution < 1.29 is 28.6 Å². The van der Waals surface area contributed by atoms with Crippen LogP contribution in [-0.4, -0.2) is 53.0 Å². The van der Waals surface area contributed by atoms with E-state index in [9.17, 15) is 19.5 Å². The van der Waals surface area contributed by atoms with E-state index in [0.717, 1.165) is 16.8 Å². The highest BCUT2D eigenvalue weighted by atomic mass is 32.1. The molecule has 11 heteroatoms. The molecule has 3 heterocycles. The average molecular weight is 597 g/mol. The Hall–Kier alpha value is -5.16. The van der Waals surface area contributed by atoms with Crippen LogP contribution in [0, 0.1) is 5.92 Å². The van der Waals surface area contributed by atoms with Crippen LogP contribution in [0.15, 0.2) is 88.7 Å². The second-order valence-corrected chi connectivity index (χ2v) is 11.2. The van der Waals surface area contributed by atoms with Gasteiger partial charge in [-0.1, -0.05) is 36.4 Å². The number of nitrogens with zero attached hydrogens (tertiary/aromatic N) is 2. The van der Waals surface area contributed by atoms with E-state index in [1.165, 1.54) is 11.3 Å². The van der Waals surface area contributed by atoms with Crippen LogP contribution in [0.2, 0.25) is 0 Å². The lowest BCUT2D eigenvalue weighted by molar-refractivity contribution is -0.141. The van der Waals surface area contributed by atoms with Gasteiger partial charge in [-0.05, 0) is 59.0 Å². The van der Waals surface area contributed by atoms with E-state index in [2.05, 4.69) is 15.6 Å². The fraction of sp³-hybridized carbons (Fsp3) is 0.188. The zero-order valence-corrected chi connectivity index (χ0v) is 24.0.